The van der Waals surface area contributed by atoms with Crippen molar-refractivity contribution in [2.24, 2.45) is 0 Å². The lowest BCUT2D eigenvalue weighted by Crippen LogP contribution is -1.80. The van der Waals surface area contributed by atoms with E-state index >= 15 is 0 Å². The maximum absolute atomic E-state index is 4.81. The maximum atomic E-state index is 4.81. The molecule has 1 nitrogen and oxygen atoms in total. The zero-order chi connectivity index (χ0) is 5.54. The third kappa shape index (κ3) is 6.69. The Kier molecular flexibility index (Phi) is 7.35. The van der Waals surface area contributed by atoms with Crippen LogP contribution in [0.5, 0.6) is 0 Å². The molecule has 0 unspecified atom stereocenters. The lowest BCUT2D eigenvalue weighted by molar-refractivity contribution is 0.405. The predicted molar refractivity (Wildman–Crippen MR) is 39.5 cm³/mol. The molecule has 0 atom stereocenters. The van der Waals surface area contributed by atoms with Crippen LogP contribution in [0, 0.1) is 0 Å². The number of rotatable bonds is 4. The molecule has 0 N–H and O–H groups in total. The van der Waals surface area contributed by atoms with Crippen molar-refractivity contribution in [3.05, 3.63) is 0 Å². The Bertz CT molecular complexity index is 27.3. The summed E-state index contributed by atoms with van der Waals surface area (Å²) in [5, 5.41) is 0. The van der Waals surface area contributed by atoms with Crippen molar-refractivity contribution in [1.82, 2.24) is 0 Å². The fourth-order valence-corrected chi connectivity index (χ4v) is 0.718. The number of halogens is 1. The van der Waals surface area contributed by atoms with Gasteiger partial charge in [0.05, 0.1) is 6.61 Å². The first-order valence-electron chi connectivity index (χ1n) is 2.65. The van der Waals surface area contributed by atoms with E-state index in [4.69, 9.17) is 3.07 Å². The van der Waals surface area contributed by atoms with Crippen molar-refractivity contribution in [3.63, 3.8) is 0 Å². The summed E-state index contributed by atoms with van der Waals surface area (Å²) in [7, 11) is 0. The van der Waals surface area contributed by atoms with Crippen LogP contribution in [-0.4, -0.2) is 6.61 Å². The van der Waals surface area contributed by atoms with E-state index in [2.05, 4.69) is 6.92 Å². The van der Waals surface area contributed by atoms with E-state index in [-0.39, 0.29) is 0 Å². The van der Waals surface area contributed by atoms with Gasteiger partial charge in [0.1, 0.15) is 23.0 Å². The van der Waals surface area contributed by atoms with E-state index in [0.29, 0.717) is 0 Å². The highest BCUT2D eigenvalue weighted by atomic mass is 127. The van der Waals surface area contributed by atoms with Crippen LogP contribution < -0.4 is 0 Å². The van der Waals surface area contributed by atoms with Gasteiger partial charge in [0.25, 0.3) is 0 Å². The van der Waals surface area contributed by atoms with E-state index in [1.54, 1.807) is 0 Å². The van der Waals surface area contributed by atoms with Gasteiger partial charge in [-0.1, -0.05) is 19.8 Å². The molecule has 0 saturated heterocycles. The third-order valence-corrected chi connectivity index (χ3v) is 1.27. The summed E-state index contributed by atoms with van der Waals surface area (Å²) in [6.07, 6.45) is 3.78. The summed E-state index contributed by atoms with van der Waals surface area (Å²) in [6.45, 7) is 3.10. The number of hydrogen-bond donors (Lipinski definition) is 0. The molecule has 0 aromatic heterocycles. The minimum absolute atomic E-state index is 0.911. The Hall–Kier alpha value is 0.690. The second-order valence-electron chi connectivity index (χ2n) is 1.52. The second kappa shape index (κ2) is 6.69. The smallest absolute Gasteiger partial charge is 0.109 e. The van der Waals surface area contributed by atoms with Crippen molar-refractivity contribution in [3.8, 4) is 0 Å². The fraction of sp³-hybridized carbons (Fsp3) is 1.00. The number of unbranched alkanes of at least 4 members (excludes halogenated alkanes) is 2. The maximum Gasteiger partial charge on any atom is 0.109 e. The van der Waals surface area contributed by atoms with Crippen LogP contribution in [0.4, 0.5) is 0 Å². The molecule has 0 fully saturated rings. The molecule has 0 heterocycles. The molecule has 0 aliphatic carbocycles. The first kappa shape index (κ1) is 7.69. The highest BCUT2D eigenvalue weighted by molar-refractivity contribution is 14.1. The lowest BCUT2D eigenvalue weighted by Gasteiger charge is -1.90. The molecule has 0 aromatic carbocycles. The van der Waals surface area contributed by atoms with Gasteiger partial charge < -0.3 is 3.07 Å². The molecular formula is C5H11IO. The average Bonchev–Trinajstić information content (AvgIpc) is 1.69. The SMILES string of the molecule is CCCCCOI. The van der Waals surface area contributed by atoms with Crippen molar-refractivity contribution >= 4 is 23.0 Å². The topological polar surface area (TPSA) is 9.23 Å². The molecule has 7 heavy (non-hydrogen) atoms. The highest BCUT2D eigenvalue weighted by Crippen LogP contribution is 1.95. The van der Waals surface area contributed by atoms with Crippen LogP contribution in [0.15, 0.2) is 0 Å². The van der Waals surface area contributed by atoms with Crippen LogP contribution in [0.3, 0.4) is 0 Å². The highest BCUT2D eigenvalue weighted by Gasteiger charge is 1.81. The van der Waals surface area contributed by atoms with E-state index in [9.17, 15) is 0 Å². The second-order valence-corrected chi connectivity index (χ2v) is 2.14. The molecule has 0 radical (unpaired) electrons. The first-order valence-corrected chi connectivity index (χ1v) is 3.53. The minimum Gasteiger partial charge on any atom is -0.316 e. The zero-order valence-corrected chi connectivity index (χ0v) is 6.77. The standard InChI is InChI=1S/C5H11IO/c1-2-3-4-5-7-6/h2-5H2,1H3. The third-order valence-electron chi connectivity index (χ3n) is 0.825. The van der Waals surface area contributed by atoms with Crippen LogP contribution >= 0.6 is 23.0 Å². The van der Waals surface area contributed by atoms with Gasteiger partial charge in [0.2, 0.25) is 0 Å². The molecular weight excluding hydrogens is 203 g/mol. The summed E-state index contributed by atoms with van der Waals surface area (Å²) in [6, 6.07) is 0. The van der Waals surface area contributed by atoms with Gasteiger partial charge in [-0.2, -0.15) is 0 Å². The Morgan fingerprint density at radius 3 is 2.57 bits per heavy atom. The van der Waals surface area contributed by atoms with E-state index in [1.165, 1.54) is 19.3 Å². The normalized spacial score (nSPS) is 9.43. The quantitative estimate of drug-likeness (QED) is 0.516. The molecule has 0 bridgehead atoms. The lowest BCUT2D eigenvalue weighted by atomic mass is 10.3. The van der Waals surface area contributed by atoms with Crippen molar-refractivity contribution in [2.45, 2.75) is 26.2 Å². The molecule has 0 aliphatic rings. The summed E-state index contributed by atoms with van der Waals surface area (Å²) in [4.78, 5) is 0. The molecule has 0 aromatic rings. The van der Waals surface area contributed by atoms with Gasteiger partial charge >= 0.3 is 0 Å². The molecule has 0 aliphatic heterocycles. The summed E-state index contributed by atoms with van der Waals surface area (Å²) in [5.74, 6) is 0. The van der Waals surface area contributed by atoms with Gasteiger partial charge in [-0.25, -0.2) is 0 Å². The van der Waals surface area contributed by atoms with Crippen LogP contribution in [-0.2, 0) is 3.07 Å². The van der Waals surface area contributed by atoms with Gasteiger partial charge in [-0.15, -0.1) is 0 Å². The van der Waals surface area contributed by atoms with Crippen molar-refractivity contribution < 1.29 is 3.07 Å². The zero-order valence-electron chi connectivity index (χ0n) is 4.61. The minimum atomic E-state index is 0.911. The van der Waals surface area contributed by atoms with Gasteiger partial charge in [-0.05, 0) is 6.42 Å². The summed E-state index contributed by atoms with van der Waals surface area (Å²) in [5.41, 5.74) is 0. The fourth-order valence-electron chi connectivity index (χ4n) is 0.407. The number of hydrogen-bond acceptors (Lipinski definition) is 1. The monoisotopic (exact) mass is 214 g/mol. The van der Waals surface area contributed by atoms with Crippen LogP contribution in [0.2, 0.25) is 0 Å². The van der Waals surface area contributed by atoms with Crippen molar-refractivity contribution in [1.29, 1.82) is 0 Å². The van der Waals surface area contributed by atoms with E-state index < -0.39 is 0 Å². The van der Waals surface area contributed by atoms with E-state index in [1.807, 2.05) is 23.0 Å². The average molecular weight is 214 g/mol. The molecule has 0 spiro atoms. The molecule has 44 valence electrons. The predicted octanol–water partition coefficient (Wildman–Crippen LogP) is 2.54. The van der Waals surface area contributed by atoms with Gasteiger partial charge in [0.15, 0.2) is 0 Å². The van der Waals surface area contributed by atoms with Gasteiger partial charge in [0, 0.05) is 0 Å². The molecule has 0 saturated carbocycles. The largest absolute Gasteiger partial charge is 0.316 e. The Morgan fingerprint density at radius 2 is 2.14 bits per heavy atom. The van der Waals surface area contributed by atoms with Crippen LogP contribution in [0.1, 0.15) is 26.2 Å². The Morgan fingerprint density at radius 1 is 1.43 bits per heavy atom. The Balaban J connectivity index is 2.45. The molecule has 2 heteroatoms. The summed E-state index contributed by atoms with van der Waals surface area (Å²) < 4.78 is 4.81. The Labute approximate surface area is 59.1 Å². The van der Waals surface area contributed by atoms with Crippen molar-refractivity contribution in [2.75, 3.05) is 6.61 Å². The molecule has 0 rings (SSSR count). The first-order chi connectivity index (χ1) is 3.41. The van der Waals surface area contributed by atoms with Crippen LogP contribution in [0.25, 0.3) is 0 Å². The molecule has 0 amide bonds. The van der Waals surface area contributed by atoms with Gasteiger partial charge in [-0.3, -0.25) is 0 Å². The summed E-state index contributed by atoms with van der Waals surface area (Å²) >= 11 is 1.93. The van der Waals surface area contributed by atoms with E-state index in [0.717, 1.165) is 6.61 Å².